The molecule has 1 N–H and O–H groups in total. The third-order valence-corrected chi connectivity index (χ3v) is 3.75. The minimum absolute atomic E-state index is 0.119. The first kappa shape index (κ1) is 14.3. The van der Waals surface area contributed by atoms with E-state index in [1.165, 1.54) is 0 Å². The van der Waals surface area contributed by atoms with Gasteiger partial charge in [0.25, 0.3) is 0 Å². The largest absolute Gasteiger partial charge is 0.489 e. The molecule has 0 radical (unpaired) electrons. The van der Waals surface area contributed by atoms with Gasteiger partial charge in [-0.05, 0) is 39.3 Å². The third-order valence-electron chi connectivity index (χ3n) is 3.75. The molecule has 1 aliphatic heterocycles. The van der Waals surface area contributed by atoms with Gasteiger partial charge in [0.1, 0.15) is 5.75 Å². The molecule has 0 atom stereocenters. The summed E-state index contributed by atoms with van der Waals surface area (Å²) in [7, 11) is 0. The number of hydrogen-bond acceptors (Lipinski definition) is 4. The molecule has 0 spiro atoms. The average molecular weight is 264 g/mol. The number of likely N-dealkylation sites (tertiary alicyclic amines) is 1. The second-order valence-corrected chi connectivity index (χ2v) is 5.54. The molecule has 0 amide bonds. The van der Waals surface area contributed by atoms with Crippen LogP contribution in [0.15, 0.2) is 18.5 Å². The van der Waals surface area contributed by atoms with Crippen molar-refractivity contribution >= 4 is 0 Å². The zero-order valence-electron chi connectivity index (χ0n) is 12.1. The van der Waals surface area contributed by atoms with Gasteiger partial charge in [0.2, 0.25) is 0 Å². The van der Waals surface area contributed by atoms with Gasteiger partial charge in [-0.3, -0.25) is 4.98 Å². The van der Waals surface area contributed by atoms with Gasteiger partial charge in [-0.25, -0.2) is 0 Å². The van der Waals surface area contributed by atoms with Crippen LogP contribution >= 0.6 is 0 Å². The summed E-state index contributed by atoms with van der Waals surface area (Å²) in [6.45, 7) is 9.04. The van der Waals surface area contributed by atoms with E-state index in [1.807, 2.05) is 19.9 Å². The Kier molecular flexibility index (Phi) is 4.42. The highest BCUT2D eigenvalue weighted by Crippen LogP contribution is 2.33. The summed E-state index contributed by atoms with van der Waals surface area (Å²) in [4.78, 5) is 6.56. The van der Waals surface area contributed by atoms with Gasteiger partial charge < -0.3 is 14.7 Å². The molecule has 1 aliphatic rings. The molecule has 4 heteroatoms. The molecule has 0 aromatic carbocycles. The van der Waals surface area contributed by atoms with Crippen LogP contribution in [-0.2, 0) is 5.60 Å². The molecule has 1 fully saturated rings. The molecule has 19 heavy (non-hydrogen) atoms. The van der Waals surface area contributed by atoms with Crippen LogP contribution in [0.4, 0.5) is 0 Å². The molecule has 0 unspecified atom stereocenters. The predicted molar refractivity (Wildman–Crippen MR) is 75.2 cm³/mol. The fourth-order valence-corrected chi connectivity index (χ4v) is 2.54. The molecular weight excluding hydrogens is 240 g/mol. The van der Waals surface area contributed by atoms with Crippen molar-refractivity contribution in [1.82, 2.24) is 9.88 Å². The SMILES string of the molecule is CCN1CCC(O)(c2cncc(OC(C)C)c2)CC1. The standard InChI is InChI=1S/C15H24N2O2/c1-4-17-7-5-15(18,6-8-17)13-9-14(11-16-10-13)19-12(2)3/h9-12,18H,4-8H2,1-3H3. The number of ether oxygens (including phenoxy) is 1. The lowest BCUT2D eigenvalue weighted by atomic mass is 9.85. The molecule has 1 saturated heterocycles. The lowest BCUT2D eigenvalue weighted by Crippen LogP contribution is -2.42. The second kappa shape index (κ2) is 5.88. The first-order valence-electron chi connectivity index (χ1n) is 7.10. The third kappa shape index (κ3) is 3.45. The molecule has 0 aliphatic carbocycles. The maximum absolute atomic E-state index is 10.8. The fourth-order valence-electron chi connectivity index (χ4n) is 2.54. The molecular formula is C15H24N2O2. The summed E-state index contributed by atoms with van der Waals surface area (Å²) >= 11 is 0. The maximum Gasteiger partial charge on any atom is 0.138 e. The predicted octanol–water partition coefficient (Wildman–Crippen LogP) is 2.17. The highest BCUT2D eigenvalue weighted by atomic mass is 16.5. The van der Waals surface area contributed by atoms with Crippen molar-refractivity contribution in [2.75, 3.05) is 19.6 Å². The quantitative estimate of drug-likeness (QED) is 0.905. The number of aromatic nitrogens is 1. The van der Waals surface area contributed by atoms with E-state index in [1.54, 1.807) is 12.4 Å². The van der Waals surface area contributed by atoms with Crippen LogP contribution in [0.2, 0.25) is 0 Å². The number of hydrogen-bond donors (Lipinski definition) is 1. The van der Waals surface area contributed by atoms with Gasteiger partial charge >= 0.3 is 0 Å². The zero-order chi connectivity index (χ0) is 13.9. The van der Waals surface area contributed by atoms with E-state index >= 15 is 0 Å². The number of rotatable bonds is 4. The van der Waals surface area contributed by atoms with Crippen molar-refractivity contribution in [3.8, 4) is 5.75 Å². The first-order chi connectivity index (χ1) is 9.03. The Morgan fingerprint density at radius 1 is 1.37 bits per heavy atom. The molecule has 1 aromatic rings. The van der Waals surface area contributed by atoms with Crippen molar-refractivity contribution in [2.24, 2.45) is 0 Å². The summed E-state index contributed by atoms with van der Waals surface area (Å²) in [5, 5.41) is 10.8. The molecule has 4 nitrogen and oxygen atoms in total. The first-order valence-corrected chi connectivity index (χ1v) is 7.10. The average Bonchev–Trinajstić information content (AvgIpc) is 2.39. The van der Waals surface area contributed by atoms with Gasteiger partial charge in [-0.1, -0.05) is 6.92 Å². The Labute approximate surface area is 115 Å². The van der Waals surface area contributed by atoms with E-state index < -0.39 is 5.60 Å². The molecule has 2 rings (SSSR count). The van der Waals surface area contributed by atoms with Crippen LogP contribution < -0.4 is 4.74 Å². The molecule has 2 heterocycles. The van der Waals surface area contributed by atoms with E-state index in [0.717, 1.165) is 43.8 Å². The van der Waals surface area contributed by atoms with Crippen molar-refractivity contribution in [1.29, 1.82) is 0 Å². The Bertz CT molecular complexity index is 412. The van der Waals surface area contributed by atoms with Gasteiger partial charge in [-0.15, -0.1) is 0 Å². The Morgan fingerprint density at radius 3 is 2.63 bits per heavy atom. The Hall–Kier alpha value is -1.13. The van der Waals surface area contributed by atoms with Gasteiger partial charge in [0.05, 0.1) is 17.9 Å². The van der Waals surface area contributed by atoms with Gasteiger partial charge in [0.15, 0.2) is 0 Å². The smallest absolute Gasteiger partial charge is 0.138 e. The van der Waals surface area contributed by atoms with Crippen molar-refractivity contribution in [2.45, 2.75) is 45.3 Å². The fraction of sp³-hybridized carbons (Fsp3) is 0.667. The van der Waals surface area contributed by atoms with Crippen molar-refractivity contribution in [3.63, 3.8) is 0 Å². The van der Waals surface area contributed by atoms with Crippen LogP contribution in [0.3, 0.4) is 0 Å². The van der Waals surface area contributed by atoms with Crippen LogP contribution in [0.25, 0.3) is 0 Å². The minimum Gasteiger partial charge on any atom is -0.489 e. The van der Waals surface area contributed by atoms with E-state index in [2.05, 4.69) is 16.8 Å². The summed E-state index contributed by atoms with van der Waals surface area (Å²) < 4.78 is 5.65. The van der Waals surface area contributed by atoms with Gasteiger partial charge in [-0.2, -0.15) is 0 Å². The Balaban J connectivity index is 2.12. The van der Waals surface area contributed by atoms with Crippen LogP contribution in [0, 0.1) is 0 Å². The van der Waals surface area contributed by atoms with E-state index in [-0.39, 0.29) is 6.10 Å². The lowest BCUT2D eigenvalue weighted by molar-refractivity contribution is -0.0251. The lowest BCUT2D eigenvalue weighted by Gasteiger charge is -2.38. The number of piperidine rings is 1. The summed E-state index contributed by atoms with van der Waals surface area (Å²) in [5.74, 6) is 0.735. The molecule has 1 aromatic heterocycles. The molecule has 0 bridgehead atoms. The van der Waals surface area contributed by atoms with Gasteiger partial charge in [0, 0.05) is 24.8 Å². The van der Waals surface area contributed by atoms with Crippen molar-refractivity contribution < 1.29 is 9.84 Å². The summed E-state index contributed by atoms with van der Waals surface area (Å²) in [6.07, 6.45) is 5.10. The normalized spacial score (nSPS) is 19.6. The van der Waals surface area contributed by atoms with Crippen LogP contribution in [-0.4, -0.2) is 40.7 Å². The second-order valence-electron chi connectivity index (χ2n) is 5.54. The summed E-state index contributed by atoms with van der Waals surface area (Å²) in [5.41, 5.74) is 0.121. The highest BCUT2D eigenvalue weighted by molar-refractivity contribution is 5.28. The number of pyridine rings is 1. The summed E-state index contributed by atoms with van der Waals surface area (Å²) in [6, 6.07) is 1.93. The van der Waals surface area contributed by atoms with E-state index in [9.17, 15) is 5.11 Å². The maximum atomic E-state index is 10.8. The van der Waals surface area contributed by atoms with Crippen LogP contribution in [0.5, 0.6) is 5.75 Å². The van der Waals surface area contributed by atoms with Crippen molar-refractivity contribution in [3.05, 3.63) is 24.0 Å². The van der Waals surface area contributed by atoms with Crippen LogP contribution in [0.1, 0.15) is 39.2 Å². The zero-order valence-corrected chi connectivity index (χ0v) is 12.1. The molecule has 106 valence electrons. The van der Waals surface area contributed by atoms with E-state index in [0.29, 0.717) is 0 Å². The molecule has 0 saturated carbocycles. The Morgan fingerprint density at radius 2 is 2.05 bits per heavy atom. The number of aliphatic hydroxyl groups is 1. The topological polar surface area (TPSA) is 45.6 Å². The number of nitrogens with zero attached hydrogens (tertiary/aromatic N) is 2. The highest BCUT2D eigenvalue weighted by Gasteiger charge is 2.34. The van der Waals surface area contributed by atoms with E-state index in [4.69, 9.17) is 4.74 Å². The monoisotopic (exact) mass is 264 g/mol. The minimum atomic E-state index is -0.755.